The van der Waals surface area contributed by atoms with Crippen molar-refractivity contribution >= 4 is 11.8 Å². The van der Waals surface area contributed by atoms with E-state index in [0.717, 1.165) is 5.56 Å². The lowest BCUT2D eigenvalue weighted by atomic mass is 10.3. The zero-order valence-corrected chi connectivity index (χ0v) is 7.78. The second-order valence-electron chi connectivity index (χ2n) is 2.53. The van der Waals surface area contributed by atoms with Gasteiger partial charge >= 0.3 is 5.97 Å². The molecule has 14 heavy (non-hydrogen) atoms. The molecular formula is C10H10N2O2. The first kappa shape index (κ1) is 10.1. The Morgan fingerprint density at radius 2 is 2.43 bits per heavy atom. The van der Waals surface area contributed by atoms with E-state index in [1.165, 1.54) is 7.11 Å². The Kier molecular flexibility index (Phi) is 3.50. The van der Waals surface area contributed by atoms with Gasteiger partial charge in [-0.1, -0.05) is 11.8 Å². The molecule has 0 radical (unpaired) electrons. The lowest BCUT2D eigenvalue weighted by molar-refractivity contribution is -0.139. The zero-order valence-electron chi connectivity index (χ0n) is 7.78. The van der Waals surface area contributed by atoms with Crippen molar-refractivity contribution in [3.63, 3.8) is 0 Å². The molecule has 0 spiro atoms. The smallest absolute Gasteiger partial charge is 0.317 e. The molecule has 0 bridgehead atoms. The van der Waals surface area contributed by atoms with Crippen LogP contribution in [0.2, 0.25) is 0 Å². The topological polar surface area (TPSA) is 65.2 Å². The maximum Gasteiger partial charge on any atom is 0.317 e. The predicted octanol–water partition coefficient (Wildman–Crippen LogP) is 0.578. The van der Waals surface area contributed by atoms with Crippen LogP contribution in [0, 0.1) is 11.8 Å². The minimum Gasteiger partial charge on any atom is -0.468 e. The van der Waals surface area contributed by atoms with E-state index < -0.39 is 0 Å². The first-order chi connectivity index (χ1) is 6.72. The van der Waals surface area contributed by atoms with E-state index in [1.54, 1.807) is 18.3 Å². The molecule has 4 nitrogen and oxygen atoms in total. The molecule has 1 heterocycles. The van der Waals surface area contributed by atoms with Gasteiger partial charge in [0, 0.05) is 11.8 Å². The number of carbonyl (C=O) groups is 1. The van der Waals surface area contributed by atoms with Crippen LogP contribution in [-0.2, 0) is 9.53 Å². The highest BCUT2D eigenvalue weighted by Gasteiger charge is 1.93. The number of rotatable bonds is 1. The minimum atomic E-state index is -0.346. The van der Waals surface area contributed by atoms with Crippen molar-refractivity contribution in [2.24, 2.45) is 0 Å². The second-order valence-corrected chi connectivity index (χ2v) is 2.53. The number of pyridine rings is 1. The molecule has 0 saturated carbocycles. The van der Waals surface area contributed by atoms with Gasteiger partial charge in [0.1, 0.15) is 12.2 Å². The monoisotopic (exact) mass is 190 g/mol. The van der Waals surface area contributed by atoms with Crippen molar-refractivity contribution in [2.75, 3.05) is 12.8 Å². The number of hydrogen-bond acceptors (Lipinski definition) is 4. The van der Waals surface area contributed by atoms with Gasteiger partial charge in [-0.3, -0.25) is 4.79 Å². The average Bonchev–Trinajstić information content (AvgIpc) is 2.21. The van der Waals surface area contributed by atoms with E-state index in [9.17, 15) is 4.79 Å². The number of nitrogens with zero attached hydrogens (tertiary/aromatic N) is 1. The van der Waals surface area contributed by atoms with E-state index in [4.69, 9.17) is 5.73 Å². The van der Waals surface area contributed by atoms with Gasteiger partial charge in [0.05, 0.1) is 7.11 Å². The highest BCUT2D eigenvalue weighted by molar-refractivity contribution is 5.72. The van der Waals surface area contributed by atoms with E-state index >= 15 is 0 Å². The van der Waals surface area contributed by atoms with Crippen LogP contribution in [0.3, 0.4) is 0 Å². The highest BCUT2D eigenvalue weighted by Crippen LogP contribution is 1.98. The van der Waals surface area contributed by atoms with Crippen LogP contribution < -0.4 is 5.73 Å². The summed E-state index contributed by atoms with van der Waals surface area (Å²) in [4.78, 5) is 14.6. The van der Waals surface area contributed by atoms with E-state index in [-0.39, 0.29) is 12.4 Å². The number of methoxy groups -OCH3 is 1. The number of ether oxygens (including phenoxy) is 1. The third-order valence-electron chi connectivity index (χ3n) is 1.48. The van der Waals surface area contributed by atoms with Crippen LogP contribution in [0.15, 0.2) is 18.3 Å². The molecule has 0 aliphatic heterocycles. The summed E-state index contributed by atoms with van der Waals surface area (Å²) in [5, 5.41) is 0. The summed E-state index contributed by atoms with van der Waals surface area (Å²) in [5.41, 5.74) is 6.12. The Morgan fingerprint density at radius 1 is 1.64 bits per heavy atom. The fourth-order valence-electron chi connectivity index (χ4n) is 0.770. The lowest BCUT2D eigenvalue weighted by Crippen LogP contribution is -1.97. The number of hydrogen-bond donors (Lipinski definition) is 1. The Labute approximate surface area is 82.1 Å². The summed E-state index contributed by atoms with van der Waals surface area (Å²) in [6, 6.07) is 3.40. The normalized spacial score (nSPS) is 8.64. The maximum atomic E-state index is 10.7. The highest BCUT2D eigenvalue weighted by atomic mass is 16.5. The van der Waals surface area contributed by atoms with E-state index in [2.05, 4.69) is 21.6 Å². The molecule has 0 aliphatic carbocycles. The average molecular weight is 190 g/mol. The van der Waals surface area contributed by atoms with Gasteiger partial charge in [-0.15, -0.1) is 0 Å². The number of nitrogen functional groups attached to an aromatic ring is 1. The third kappa shape index (κ3) is 3.15. The molecule has 4 heteroatoms. The molecule has 1 rings (SSSR count). The van der Waals surface area contributed by atoms with Crippen molar-refractivity contribution in [3.05, 3.63) is 23.9 Å². The Bertz CT molecular complexity index is 373. The van der Waals surface area contributed by atoms with Crippen molar-refractivity contribution in [1.29, 1.82) is 0 Å². The third-order valence-corrected chi connectivity index (χ3v) is 1.48. The van der Waals surface area contributed by atoms with Gasteiger partial charge in [0.25, 0.3) is 0 Å². The number of aromatic nitrogens is 1. The second kappa shape index (κ2) is 4.87. The Balaban J connectivity index is 2.59. The summed E-state index contributed by atoms with van der Waals surface area (Å²) in [5.74, 6) is 5.54. The molecule has 0 aliphatic rings. The maximum absolute atomic E-state index is 10.7. The Morgan fingerprint density at radius 3 is 3.00 bits per heavy atom. The number of nitrogens with two attached hydrogens (primary N) is 1. The van der Waals surface area contributed by atoms with Crippen molar-refractivity contribution < 1.29 is 9.53 Å². The summed E-state index contributed by atoms with van der Waals surface area (Å²) < 4.78 is 4.43. The molecule has 0 unspecified atom stereocenters. The first-order valence-electron chi connectivity index (χ1n) is 3.99. The Hall–Kier alpha value is -2.02. The van der Waals surface area contributed by atoms with Crippen molar-refractivity contribution in [2.45, 2.75) is 6.42 Å². The van der Waals surface area contributed by atoms with Crippen molar-refractivity contribution in [1.82, 2.24) is 4.98 Å². The molecule has 1 aromatic rings. The van der Waals surface area contributed by atoms with Gasteiger partial charge in [-0.2, -0.15) is 0 Å². The molecule has 0 fully saturated rings. The van der Waals surface area contributed by atoms with Crippen LogP contribution in [0.25, 0.3) is 0 Å². The van der Waals surface area contributed by atoms with Crippen LogP contribution in [0.4, 0.5) is 5.82 Å². The lowest BCUT2D eigenvalue weighted by Gasteiger charge is -1.91. The minimum absolute atomic E-state index is 0.0842. The van der Waals surface area contributed by atoms with Crippen LogP contribution in [0.1, 0.15) is 12.0 Å². The zero-order chi connectivity index (χ0) is 10.4. The van der Waals surface area contributed by atoms with E-state index in [1.807, 2.05) is 0 Å². The molecule has 0 atom stereocenters. The van der Waals surface area contributed by atoms with Crippen LogP contribution >= 0.6 is 0 Å². The predicted molar refractivity (Wildman–Crippen MR) is 52.2 cm³/mol. The van der Waals surface area contributed by atoms with Gasteiger partial charge in [0.2, 0.25) is 0 Å². The summed E-state index contributed by atoms with van der Waals surface area (Å²) in [6.07, 6.45) is 1.64. The van der Waals surface area contributed by atoms with Crippen molar-refractivity contribution in [3.8, 4) is 11.8 Å². The number of esters is 1. The molecule has 2 N–H and O–H groups in total. The molecular weight excluding hydrogens is 180 g/mol. The van der Waals surface area contributed by atoms with Crippen LogP contribution in [0.5, 0.6) is 0 Å². The van der Waals surface area contributed by atoms with Gasteiger partial charge < -0.3 is 10.5 Å². The van der Waals surface area contributed by atoms with Crippen LogP contribution in [-0.4, -0.2) is 18.1 Å². The summed E-state index contributed by atoms with van der Waals surface area (Å²) in [6.45, 7) is 0. The van der Waals surface area contributed by atoms with Gasteiger partial charge in [0.15, 0.2) is 0 Å². The molecule has 0 saturated heterocycles. The molecule has 1 aromatic heterocycles. The summed E-state index contributed by atoms with van der Waals surface area (Å²) >= 11 is 0. The number of carbonyl (C=O) groups excluding carboxylic acids is 1. The quantitative estimate of drug-likeness (QED) is 0.519. The fourth-order valence-corrected chi connectivity index (χ4v) is 0.770. The molecule has 72 valence electrons. The first-order valence-corrected chi connectivity index (χ1v) is 3.99. The molecule has 0 aromatic carbocycles. The van der Waals surface area contributed by atoms with E-state index in [0.29, 0.717) is 5.82 Å². The largest absolute Gasteiger partial charge is 0.468 e. The molecule has 0 amide bonds. The van der Waals surface area contributed by atoms with Gasteiger partial charge in [-0.25, -0.2) is 4.98 Å². The fraction of sp³-hybridized carbons (Fsp3) is 0.200. The van der Waals surface area contributed by atoms with Gasteiger partial charge in [-0.05, 0) is 12.1 Å². The SMILES string of the molecule is COC(=O)CC#Cc1ccc(N)nc1. The standard InChI is InChI=1S/C10H10N2O2/c1-14-10(13)4-2-3-8-5-6-9(11)12-7-8/h5-7H,4H2,1H3,(H2,11,12). The summed E-state index contributed by atoms with van der Waals surface area (Å²) in [7, 11) is 1.33. The number of anilines is 1.